The minimum Gasteiger partial charge on any atom is -0.360 e. The smallest absolute Gasteiger partial charge is 0.0791 e. The molecule has 0 aliphatic carbocycles. The van der Waals surface area contributed by atoms with Gasteiger partial charge in [-0.2, -0.15) is 0 Å². The molecular formula is C13H17BrN2. The lowest BCUT2D eigenvalue weighted by molar-refractivity contribution is 0.800. The molecule has 0 bridgehead atoms. The van der Waals surface area contributed by atoms with Crippen molar-refractivity contribution in [2.45, 2.75) is 19.9 Å². The van der Waals surface area contributed by atoms with Gasteiger partial charge in [-0.3, -0.25) is 0 Å². The summed E-state index contributed by atoms with van der Waals surface area (Å²) in [6, 6.07) is 6.13. The van der Waals surface area contributed by atoms with E-state index < -0.39 is 0 Å². The van der Waals surface area contributed by atoms with Gasteiger partial charge in [-0.1, -0.05) is 27.9 Å². The lowest BCUT2D eigenvalue weighted by atomic mass is 10.1. The third kappa shape index (κ3) is 3.01. The van der Waals surface area contributed by atoms with Crippen molar-refractivity contribution in [1.82, 2.24) is 0 Å². The second-order valence-electron chi connectivity index (χ2n) is 3.71. The van der Waals surface area contributed by atoms with E-state index in [1.165, 1.54) is 0 Å². The third-order valence-corrected chi connectivity index (χ3v) is 2.98. The second kappa shape index (κ2) is 5.93. The number of halogens is 1. The lowest BCUT2D eigenvalue weighted by Crippen LogP contribution is -2.25. The van der Waals surface area contributed by atoms with Crippen molar-refractivity contribution in [1.29, 1.82) is 0 Å². The van der Waals surface area contributed by atoms with Crippen molar-refractivity contribution >= 4 is 21.6 Å². The average Bonchev–Trinajstić information content (AvgIpc) is 2.25. The Balaban J connectivity index is 3.17. The van der Waals surface area contributed by atoms with Gasteiger partial charge in [0, 0.05) is 22.7 Å². The molecule has 16 heavy (non-hydrogen) atoms. The van der Waals surface area contributed by atoms with Gasteiger partial charge in [-0.15, -0.1) is 6.42 Å². The van der Waals surface area contributed by atoms with Crippen LogP contribution in [0.3, 0.4) is 0 Å². The predicted octanol–water partition coefficient (Wildman–Crippen LogP) is 2.93. The van der Waals surface area contributed by atoms with Crippen LogP contribution in [0.4, 0.5) is 5.69 Å². The molecular weight excluding hydrogens is 264 g/mol. The van der Waals surface area contributed by atoms with Crippen LogP contribution in [0.5, 0.6) is 0 Å². The first-order chi connectivity index (χ1) is 7.60. The topological polar surface area (TPSA) is 29.3 Å². The van der Waals surface area contributed by atoms with Crippen molar-refractivity contribution in [3.05, 3.63) is 28.2 Å². The number of nitrogens with two attached hydrogens (primary N) is 1. The summed E-state index contributed by atoms with van der Waals surface area (Å²) in [5.41, 5.74) is 8.20. The summed E-state index contributed by atoms with van der Waals surface area (Å²) in [6.07, 6.45) is 5.37. The Kier molecular flexibility index (Phi) is 4.85. The number of hydrogen-bond donors (Lipinski definition) is 1. The summed E-state index contributed by atoms with van der Waals surface area (Å²) in [5.74, 6) is 2.67. The van der Waals surface area contributed by atoms with Gasteiger partial charge >= 0.3 is 0 Å². The van der Waals surface area contributed by atoms with Crippen molar-refractivity contribution in [3.8, 4) is 12.3 Å². The van der Waals surface area contributed by atoms with E-state index >= 15 is 0 Å². The Bertz CT molecular complexity index is 393. The highest BCUT2D eigenvalue weighted by Crippen LogP contribution is 2.28. The molecule has 1 rings (SSSR count). The van der Waals surface area contributed by atoms with Crippen molar-refractivity contribution in [2.24, 2.45) is 5.73 Å². The first-order valence-electron chi connectivity index (χ1n) is 5.33. The van der Waals surface area contributed by atoms with E-state index in [0.717, 1.165) is 22.3 Å². The van der Waals surface area contributed by atoms with Crippen LogP contribution in [-0.2, 0) is 0 Å². The summed E-state index contributed by atoms with van der Waals surface area (Å²) in [5, 5.41) is 0. The fourth-order valence-electron chi connectivity index (χ4n) is 1.65. The Morgan fingerprint density at radius 2 is 2.25 bits per heavy atom. The highest BCUT2D eigenvalue weighted by molar-refractivity contribution is 9.10. The minimum absolute atomic E-state index is 0.00919. The Hall–Kier alpha value is -0.980. The van der Waals surface area contributed by atoms with E-state index in [-0.39, 0.29) is 6.04 Å². The van der Waals surface area contributed by atoms with E-state index in [0.29, 0.717) is 6.54 Å². The summed E-state index contributed by atoms with van der Waals surface area (Å²) < 4.78 is 1.04. The van der Waals surface area contributed by atoms with Gasteiger partial charge in [-0.25, -0.2) is 0 Å². The second-order valence-corrected chi connectivity index (χ2v) is 4.63. The van der Waals surface area contributed by atoms with Gasteiger partial charge in [-0.05, 0) is 31.5 Å². The van der Waals surface area contributed by atoms with E-state index in [2.05, 4.69) is 39.7 Å². The fraction of sp³-hybridized carbons (Fsp3) is 0.385. The molecule has 0 aliphatic rings. The molecule has 2 nitrogen and oxygen atoms in total. The number of terminal acetylenes is 1. The first kappa shape index (κ1) is 13.1. The summed E-state index contributed by atoms with van der Waals surface area (Å²) in [6.45, 7) is 5.55. The van der Waals surface area contributed by atoms with E-state index in [1.54, 1.807) is 0 Å². The van der Waals surface area contributed by atoms with Crippen LogP contribution >= 0.6 is 15.9 Å². The Morgan fingerprint density at radius 1 is 1.56 bits per heavy atom. The van der Waals surface area contributed by atoms with Crippen LogP contribution in [-0.4, -0.2) is 13.1 Å². The molecule has 0 saturated carbocycles. The highest BCUT2D eigenvalue weighted by Gasteiger charge is 2.12. The summed E-state index contributed by atoms with van der Waals surface area (Å²) in [4.78, 5) is 2.14. The molecule has 0 saturated heterocycles. The van der Waals surface area contributed by atoms with Crippen molar-refractivity contribution in [3.63, 3.8) is 0 Å². The van der Waals surface area contributed by atoms with Crippen LogP contribution in [0.2, 0.25) is 0 Å². The maximum atomic E-state index is 5.96. The molecule has 1 atom stereocenters. The van der Waals surface area contributed by atoms with Gasteiger partial charge in [0.2, 0.25) is 0 Å². The minimum atomic E-state index is 0.00919. The normalized spacial score (nSPS) is 11.9. The summed E-state index contributed by atoms with van der Waals surface area (Å²) >= 11 is 3.47. The SMILES string of the molecule is C#CCN(CC)c1cc(Br)ccc1C(C)N. The molecule has 3 heteroatoms. The van der Waals surface area contributed by atoms with E-state index in [9.17, 15) is 0 Å². The molecule has 0 heterocycles. The van der Waals surface area contributed by atoms with Crippen LogP contribution in [0.25, 0.3) is 0 Å². The van der Waals surface area contributed by atoms with E-state index in [1.807, 2.05) is 19.1 Å². The van der Waals surface area contributed by atoms with Crippen LogP contribution in [0, 0.1) is 12.3 Å². The zero-order chi connectivity index (χ0) is 12.1. The largest absolute Gasteiger partial charge is 0.360 e. The monoisotopic (exact) mass is 280 g/mol. The molecule has 1 unspecified atom stereocenters. The molecule has 0 radical (unpaired) electrons. The molecule has 0 aliphatic heterocycles. The molecule has 1 aromatic rings. The Morgan fingerprint density at radius 3 is 2.75 bits per heavy atom. The lowest BCUT2D eigenvalue weighted by Gasteiger charge is -2.25. The van der Waals surface area contributed by atoms with Crippen LogP contribution in [0.1, 0.15) is 25.5 Å². The van der Waals surface area contributed by atoms with Crippen LogP contribution < -0.4 is 10.6 Å². The maximum absolute atomic E-state index is 5.96. The van der Waals surface area contributed by atoms with Crippen LogP contribution in [0.15, 0.2) is 22.7 Å². The number of rotatable bonds is 4. The molecule has 2 N–H and O–H groups in total. The molecule has 0 aromatic heterocycles. The number of benzene rings is 1. The number of anilines is 1. The molecule has 0 fully saturated rings. The average molecular weight is 281 g/mol. The first-order valence-corrected chi connectivity index (χ1v) is 6.12. The Labute approximate surface area is 106 Å². The standard InChI is InChI=1S/C13H17BrN2/c1-4-8-16(5-2)13-9-11(14)6-7-12(13)10(3)15/h1,6-7,9-10H,5,8,15H2,2-3H3. The maximum Gasteiger partial charge on any atom is 0.0791 e. The van der Waals surface area contributed by atoms with E-state index in [4.69, 9.17) is 12.2 Å². The molecule has 86 valence electrons. The third-order valence-electron chi connectivity index (χ3n) is 2.49. The zero-order valence-electron chi connectivity index (χ0n) is 9.70. The van der Waals surface area contributed by atoms with Crippen molar-refractivity contribution < 1.29 is 0 Å². The fourth-order valence-corrected chi connectivity index (χ4v) is 2.00. The van der Waals surface area contributed by atoms with Gasteiger partial charge in [0.25, 0.3) is 0 Å². The van der Waals surface area contributed by atoms with Gasteiger partial charge in [0.15, 0.2) is 0 Å². The number of hydrogen-bond acceptors (Lipinski definition) is 2. The molecule has 1 aromatic carbocycles. The zero-order valence-corrected chi connectivity index (χ0v) is 11.3. The predicted molar refractivity (Wildman–Crippen MR) is 73.5 cm³/mol. The van der Waals surface area contributed by atoms with Crippen molar-refractivity contribution in [2.75, 3.05) is 18.0 Å². The van der Waals surface area contributed by atoms with Gasteiger partial charge < -0.3 is 10.6 Å². The van der Waals surface area contributed by atoms with Gasteiger partial charge in [0.05, 0.1) is 6.54 Å². The quantitative estimate of drug-likeness (QED) is 0.860. The van der Waals surface area contributed by atoms with Gasteiger partial charge in [0.1, 0.15) is 0 Å². The molecule has 0 amide bonds. The number of nitrogens with zero attached hydrogens (tertiary/aromatic N) is 1. The summed E-state index contributed by atoms with van der Waals surface area (Å²) in [7, 11) is 0. The molecule has 0 spiro atoms. The highest BCUT2D eigenvalue weighted by atomic mass is 79.9.